The van der Waals surface area contributed by atoms with E-state index < -0.39 is 0 Å². The first-order chi connectivity index (χ1) is 14.3. The Kier molecular flexibility index (Phi) is 6.28. The van der Waals surface area contributed by atoms with E-state index in [0.717, 1.165) is 12.0 Å². The average Bonchev–Trinajstić information content (AvgIpc) is 3.21. The Morgan fingerprint density at radius 2 is 1.97 bits per heavy atom. The first kappa shape index (κ1) is 19.7. The molecule has 1 amide bonds. The Morgan fingerprint density at radius 1 is 1.17 bits per heavy atom. The SMILES string of the molecule is CCc1cccc2c([C@@H](CC(=O)NCc3ccncc3)C3CCCCC3)c[nH]c12. The monoisotopic (exact) mass is 389 g/mol. The van der Waals surface area contributed by atoms with Crippen molar-refractivity contribution in [2.45, 2.75) is 64.3 Å². The minimum atomic E-state index is 0.137. The Balaban J connectivity index is 1.56. The summed E-state index contributed by atoms with van der Waals surface area (Å²) in [4.78, 5) is 20.4. The van der Waals surface area contributed by atoms with Gasteiger partial charge in [0.2, 0.25) is 5.91 Å². The third kappa shape index (κ3) is 4.52. The molecule has 4 rings (SSSR count). The number of aromatic amines is 1. The summed E-state index contributed by atoms with van der Waals surface area (Å²) in [6.07, 6.45) is 13.6. The van der Waals surface area contributed by atoms with Gasteiger partial charge in [-0.25, -0.2) is 0 Å². The normalized spacial score (nSPS) is 16.0. The molecule has 0 aliphatic heterocycles. The van der Waals surface area contributed by atoms with Crippen molar-refractivity contribution in [1.29, 1.82) is 0 Å². The Bertz CT molecular complexity index is 941. The van der Waals surface area contributed by atoms with Crippen molar-refractivity contribution in [3.63, 3.8) is 0 Å². The van der Waals surface area contributed by atoms with E-state index in [1.807, 2.05) is 12.1 Å². The molecule has 0 saturated heterocycles. The number of pyridine rings is 1. The van der Waals surface area contributed by atoms with E-state index in [1.165, 1.54) is 54.1 Å². The predicted molar refractivity (Wildman–Crippen MR) is 118 cm³/mol. The molecule has 0 bridgehead atoms. The molecule has 2 heterocycles. The fourth-order valence-electron chi connectivity index (χ4n) is 4.88. The van der Waals surface area contributed by atoms with Gasteiger partial charge in [0.05, 0.1) is 0 Å². The number of fused-ring (bicyclic) bond motifs is 1. The first-order valence-corrected chi connectivity index (χ1v) is 11.0. The summed E-state index contributed by atoms with van der Waals surface area (Å²) in [5, 5.41) is 4.42. The standard InChI is InChI=1S/C25H31N3O/c1-2-19-9-6-10-21-23(17-28-25(19)21)22(20-7-4-3-5-8-20)15-24(29)27-16-18-11-13-26-14-12-18/h6,9-14,17,20,22,28H,2-5,7-8,15-16H2,1H3,(H,27,29)/t22-/m0/s1. The van der Waals surface area contributed by atoms with Crippen LogP contribution in [0.25, 0.3) is 10.9 Å². The number of para-hydroxylation sites is 1. The van der Waals surface area contributed by atoms with Crippen LogP contribution in [-0.2, 0) is 17.8 Å². The third-order valence-corrected chi connectivity index (χ3v) is 6.48. The fourth-order valence-corrected chi connectivity index (χ4v) is 4.88. The number of hydrogen-bond acceptors (Lipinski definition) is 2. The number of nitrogens with one attached hydrogen (secondary N) is 2. The van der Waals surface area contributed by atoms with Gasteiger partial charge in [-0.15, -0.1) is 0 Å². The summed E-state index contributed by atoms with van der Waals surface area (Å²) in [7, 11) is 0. The van der Waals surface area contributed by atoms with Crippen molar-refractivity contribution in [3.05, 3.63) is 65.6 Å². The number of amides is 1. The molecule has 152 valence electrons. The van der Waals surface area contributed by atoms with Gasteiger partial charge in [-0.3, -0.25) is 9.78 Å². The molecule has 4 nitrogen and oxygen atoms in total. The van der Waals surface area contributed by atoms with E-state index in [1.54, 1.807) is 12.4 Å². The second-order valence-electron chi connectivity index (χ2n) is 8.28. The average molecular weight is 390 g/mol. The second kappa shape index (κ2) is 9.25. The van der Waals surface area contributed by atoms with Gasteiger partial charge >= 0.3 is 0 Å². The number of carbonyl (C=O) groups excluding carboxylic acids is 1. The van der Waals surface area contributed by atoms with Crippen molar-refractivity contribution >= 4 is 16.8 Å². The van der Waals surface area contributed by atoms with Gasteiger partial charge in [0.1, 0.15) is 0 Å². The van der Waals surface area contributed by atoms with E-state index in [2.05, 4.69) is 46.6 Å². The molecule has 2 N–H and O–H groups in total. The fraction of sp³-hybridized carbons (Fsp3) is 0.440. The number of benzene rings is 1. The molecule has 3 aromatic rings. The zero-order chi connectivity index (χ0) is 20.1. The molecule has 0 unspecified atom stereocenters. The van der Waals surface area contributed by atoms with Crippen molar-refractivity contribution in [1.82, 2.24) is 15.3 Å². The minimum absolute atomic E-state index is 0.137. The summed E-state index contributed by atoms with van der Waals surface area (Å²) in [5.41, 5.74) is 4.99. The number of rotatable bonds is 7. The van der Waals surface area contributed by atoms with Crippen LogP contribution in [0.5, 0.6) is 0 Å². The van der Waals surface area contributed by atoms with Crippen molar-refractivity contribution in [2.24, 2.45) is 5.92 Å². The Morgan fingerprint density at radius 3 is 2.72 bits per heavy atom. The predicted octanol–water partition coefficient (Wildman–Crippen LogP) is 5.50. The van der Waals surface area contributed by atoms with Gasteiger partial charge in [-0.1, -0.05) is 44.4 Å². The van der Waals surface area contributed by atoms with Crippen molar-refractivity contribution < 1.29 is 4.79 Å². The van der Waals surface area contributed by atoms with Gasteiger partial charge < -0.3 is 10.3 Å². The topological polar surface area (TPSA) is 57.8 Å². The molecule has 1 atom stereocenters. The summed E-state index contributed by atoms with van der Waals surface area (Å²) < 4.78 is 0. The molecule has 1 aromatic carbocycles. The molecule has 0 radical (unpaired) electrons. The van der Waals surface area contributed by atoms with E-state index in [0.29, 0.717) is 18.9 Å². The van der Waals surface area contributed by atoms with E-state index in [9.17, 15) is 4.79 Å². The van der Waals surface area contributed by atoms with Crippen LogP contribution in [0.1, 0.15) is 68.1 Å². The quantitative estimate of drug-likeness (QED) is 0.561. The van der Waals surface area contributed by atoms with Crippen LogP contribution in [0, 0.1) is 5.92 Å². The smallest absolute Gasteiger partial charge is 0.220 e. The lowest BCUT2D eigenvalue weighted by molar-refractivity contribution is -0.122. The summed E-state index contributed by atoms with van der Waals surface area (Å²) >= 11 is 0. The molecule has 1 saturated carbocycles. The molecule has 0 spiro atoms. The lowest BCUT2D eigenvalue weighted by Gasteiger charge is -2.30. The summed E-state index contributed by atoms with van der Waals surface area (Å²) in [5.74, 6) is 0.992. The van der Waals surface area contributed by atoms with Gasteiger partial charge in [0, 0.05) is 42.5 Å². The Hall–Kier alpha value is -2.62. The van der Waals surface area contributed by atoms with E-state index in [-0.39, 0.29) is 11.8 Å². The molecule has 29 heavy (non-hydrogen) atoms. The maximum Gasteiger partial charge on any atom is 0.220 e. The lowest BCUT2D eigenvalue weighted by Crippen LogP contribution is -2.27. The molecular weight excluding hydrogens is 358 g/mol. The zero-order valence-corrected chi connectivity index (χ0v) is 17.3. The number of hydrogen-bond donors (Lipinski definition) is 2. The maximum atomic E-state index is 12.9. The second-order valence-corrected chi connectivity index (χ2v) is 8.28. The Labute approximate surface area is 173 Å². The minimum Gasteiger partial charge on any atom is -0.361 e. The maximum absolute atomic E-state index is 12.9. The molecule has 1 fully saturated rings. The highest BCUT2D eigenvalue weighted by Crippen LogP contribution is 2.41. The van der Waals surface area contributed by atoms with Crippen molar-refractivity contribution in [3.8, 4) is 0 Å². The first-order valence-electron chi connectivity index (χ1n) is 11.0. The summed E-state index contributed by atoms with van der Waals surface area (Å²) in [6.45, 7) is 2.76. The van der Waals surface area contributed by atoms with Gasteiger partial charge in [-0.2, -0.15) is 0 Å². The van der Waals surface area contributed by atoms with Crippen LogP contribution in [0.2, 0.25) is 0 Å². The highest BCUT2D eigenvalue weighted by atomic mass is 16.1. The van der Waals surface area contributed by atoms with Crippen LogP contribution in [0.4, 0.5) is 0 Å². The van der Waals surface area contributed by atoms with Gasteiger partial charge in [-0.05, 0) is 59.9 Å². The largest absolute Gasteiger partial charge is 0.361 e. The van der Waals surface area contributed by atoms with Crippen LogP contribution in [0.15, 0.2) is 48.9 Å². The number of H-pyrrole nitrogens is 1. The van der Waals surface area contributed by atoms with E-state index >= 15 is 0 Å². The number of nitrogens with zero attached hydrogens (tertiary/aromatic N) is 1. The van der Waals surface area contributed by atoms with E-state index in [4.69, 9.17) is 0 Å². The lowest BCUT2D eigenvalue weighted by atomic mass is 9.75. The van der Waals surface area contributed by atoms with Crippen molar-refractivity contribution in [2.75, 3.05) is 0 Å². The molecule has 2 aromatic heterocycles. The number of carbonyl (C=O) groups is 1. The summed E-state index contributed by atoms with van der Waals surface area (Å²) in [6, 6.07) is 10.5. The van der Waals surface area contributed by atoms with Crippen LogP contribution >= 0.6 is 0 Å². The highest BCUT2D eigenvalue weighted by molar-refractivity contribution is 5.87. The molecule has 4 heteroatoms. The zero-order valence-electron chi connectivity index (χ0n) is 17.3. The van der Waals surface area contributed by atoms with Crippen LogP contribution in [0.3, 0.4) is 0 Å². The van der Waals surface area contributed by atoms with Gasteiger partial charge in [0.15, 0.2) is 0 Å². The number of aromatic nitrogens is 2. The molecular formula is C25H31N3O. The highest BCUT2D eigenvalue weighted by Gasteiger charge is 2.29. The van der Waals surface area contributed by atoms with Gasteiger partial charge in [0.25, 0.3) is 0 Å². The van der Waals surface area contributed by atoms with Crippen LogP contribution in [-0.4, -0.2) is 15.9 Å². The molecule has 1 aliphatic carbocycles. The van der Waals surface area contributed by atoms with Crippen LogP contribution < -0.4 is 5.32 Å². The molecule has 1 aliphatic rings. The number of aryl methyl sites for hydroxylation is 1. The third-order valence-electron chi connectivity index (χ3n) is 6.48.